The highest BCUT2D eigenvalue weighted by atomic mass is 127. The van der Waals surface area contributed by atoms with Crippen LogP contribution in [0.1, 0.15) is 16.8 Å². The van der Waals surface area contributed by atoms with Crippen molar-refractivity contribution >= 4 is 63.3 Å². The average Bonchev–Trinajstić information content (AvgIpc) is 3.34. The zero-order valence-corrected chi connectivity index (χ0v) is 19.7. The Balaban J connectivity index is 1.59. The lowest BCUT2D eigenvalue weighted by Gasteiger charge is -2.20. The summed E-state index contributed by atoms with van der Waals surface area (Å²) in [5.74, 6) is 0.466. The Morgan fingerprint density at radius 3 is 2.89 bits per heavy atom. The summed E-state index contributed by atoms with van der Waals surface area (Å²) in [5.41, 5.74) is 4.32. The van der Waals surface area contributed by atoms with Crippen LogP contribution >= 0.6 is 46.3 Å². The van der Waals surface area contributed by atoms with E-state index in [1.807, 2.05) is 41.5 Å². The van der Waals surface area contributed by atoms with Crippen LogP contribution in [0, 0.1) is 5.92 Å². The molecule has 1 aromatic carbocycles. The molecule has 3 heterocycles. The Kier molecular flexibility index (Phi) is 6.24. The van der Waals surface area contributed by atoms with Gasteiger partial charge in [-0.15, -0.1) is 0 Å². The lowest BCUT2D eigenvalue weighted by atomic mass is 10.0. The molecule has 1 saturated heterocycles. The van der Waals surface area contributed by atoms with E-state index in [-0.39, 0.29) is 5.91 Å². The van der Waals surface area contributed by atoms with Crippen LogP contribution < -0.4 is 0 Å². The van der Waals surface area contributed by atoms with Crippen molar-refractivity contribution in [1.82, 2.24) is 18.8 Å². The van der Waals surface area contributed by atoms with E-state index in [4.69, 9.17) is 4.74 Å². The SMILES string of the molecule is CN(CC1CCOC1)C(=O)c1ccc(-c2cn(SI)c3ncc(Br)nc23)cc1. The Hall–Kier alpha value is -1.17. The quantitative estimate of drug-likeness (QED) is 0.410. The van der Waals surface area contributed by atoms with Crippen LogP contribution in [0.2, 0.25) is 0 Å². The summed E-state index contributed by atoms with van der Waals surface area (Å²) in [6, 6.07) is 7.70. The molecular formula is C19H18BrIN4O2S. The molecule has 0 N–H and O–H groups in total. The first-order valence-corrected chi connectivity index (χ1v) is 12.9. The molecule has 4 rings (SSSR count). The summed E-state index contributed by atoms with van der Waals surface area (Å²) in [6.07, 6.45) is 4.74. The van der Waals surface area contributed by atoms with Crippen molar-refractivity contribution in [2.45, 2.75) is 6.42 Å². The predicted molar refractivity (Wildman–Crippen MR) is 124 cm³/mol. The molecule has 1 aliphatic rings. The molecule has 6 nitrogen and oxygen atoms in total. The molecule has 146 valence electrons. The maximum Gasteiger partial charge on any atom is 0.253 e. The van der Waals surface area contributed by atoms with Gasteiger partial charge in [-0.25, -0.2) is 9.97 Å². The van der Waals surface area contributed by atoms with Crippen LogP contribution in [0.5, 0.6) is 0 Å². The third kappa shape index (κ3) is 4.07. The number of nitrogens with zero attached hydrogens (tertiary/aromatic N) is 4. The first-order chi connectivity index (χ1) is 13.6. The van der Waals surface area contributed by atoms with Crippen molar-refractivity contribution in [2.24, 2.45) is 5.92 Å². The molecule has 3 aromatic rings. The van der Waals surface area contributed by atoms with E-state index < -0.39 is 0 Å². The lowest BCUT2D eigenvalue weighted by molar-refractivity contribution is 0.0766. The topological polar surface area (TPSA) is 60.2 Å². The van der Waals surface area contributed by atoms with E-state index in [0.29, 0.717) is 16.1 Å². The number of carbonyl (C=O) groups excluding carboxylic acids is 1. The second-order valence-electron chi connectivity index (χ2n) is 6.80. The van der Waals surface area contributed by atoms with Gasteiger partial charge >= 0.3 is 0 Å². The van der Waals surface area contributed by atoms with Crippen LogP contribution in [0.15, 0.2) is 41.3 Å². The van der Waals surface area contributed by atoms with Gasteiger partial charge in [-0.2, -0.15) is 0 Å². The number of amides is 1. The molecule has 1 fully saturated rings. The number of halogens is 2. The summed E-state index contributed by atoms with van der Waals surface area (Å²) < 4.78 is 8.09. The molecule has 0 spiro atoms. The Bertz CT molecular complexity index is 1010. The Morgan fingerprint density at radius 1 is 1.43 bits per heavy atom. The number of fused-ring (bicyclic) bond motifs is 1. The van der Waals surface area contributed by atoms with Gasteiger partial charge in [0, 0.05) is 73.8 Å². The standard InChI is InChI=1S/C19H18BrIN4O2S/c1-24(9-12-6-7-27-11-12)19(26)14-4-2-13(3-5-14)15-10-25(28-21)18-17(15)23-16(20)8-22-18/h2-5,8,10,12H,6-7,9,11H2,1H3. The first-order valence-electron chi connectivity index (χ1n) is 8.83. The van der Waals surface area contributed by atoms with Gasteiger partial charge in [-0.3, -0.25) is 8.77 Å². The molecule has 1 unspecified atom stereocenters. The van der Waals surface area contributed by atoms with Gasteiger partial charge in [0.1, 0.15) is 10.1 Å². The minimum Gasteiger partial charge on any atom is -0.381 e. The van der Waals surface area contributed by atoms with Crippen molar-refractivity contribution < 1.29 is 9.53 Å². The van der Waals surface area contributed by atoms with E-state index in [2.05, 4.69) is 47.1 Å². The van der Waals surface area contributed by atoms with E-state index in [9.17, 15) is 4.79 Å². The molecule has 1 aliphatic heterocycles. The number of hydrogen-bond donors (Lipinski definition) is 0. The molecule has 0 radical (unpaired) electrons. The monoisotopic (exact) mass is 572 g/mol. The molecule has 0 saturated carbocycles. The van der Waals surface area contributed by atoms with Crippen molar-refractivity contribution in [3.05, 3.63) is 46.8 Å². The molecule has 9 heteroatoms. The lowest BCUT2D eigenvalue weighted by Crippen LogP contribution is -2.32. The average molecular weight is 573 g/mol. The van der Waals surface area contributed by atoms with Crippen LogP contribution in [0.3, 0.4) is 0 Å². The zero-order valence-electron chi connectivity index (χ0n) is 15.1. The molecule has 0 aliphatic carbocycles. The summed E-state index contributed by atoms with van der Waals surface area (Å²) in [7, 11) is 3.40. The molecule has 1 amide bonds. The van der Waals surface area contributed by atoms with E-state index in [1.54, 1.807) is 20.2 Å². The number of hydrogen-bond acceptors (Lipinski definition) is 5. The fourth-order valence-corrected chi connectivity index (χ4v) is 4.94. The third-order valence-electron chi connectivity index (χ3n) is 4.85. The van der Waals surface area contributed by atoms with Gasteiger partial charge in [0.05, 0.1) is 12.8 Å². The number of rotatable bonds is 5. The highest BCUT2D eigenvalue weighted by molar-refractivity contribution is 14.2. The fraction of sp³-hybridized carbons (Fsp3) is 0.316. The predicted octanol–water partition coefficient (Wildman–Crippen LogP) is 4.82. The summed E-state index contributed by atoms with van der Waals surface area (Å²) >= 11 is 5.63. The van der Waals surface area contributed by atoms with E-state index in [1.165, 1.54) is 0 Å². The van der Waals surface area contributed by atoms with Crippen molar-refractivity contribution in [3.8, 4) is 11.1 Å². The minimum atomic E-state index is 0.0335. The number of carbonyl (C=O) groups is 1. The maximum absolute atomic E-state index is 12.7. The van der Waals surface area contributed by atoms with E-state index >= 15 is 0 Å². The van der Waals surface area contributed by atoms with E-state index in [0.717, 1.165) is 48.5 Å². The van der Waals surface area contributed by atoms with Gasteiger partial charge in [0.2, 0.25) is 0 Å². The Labute approximate surface area is 187 Å². The summed E-state index contributed by atoms with van der Waals surface area (Å²) in [4.78, 5) is 23.6. The summed E-state index contributed by atoms with van der Waals surface area (Å²) in [5, 5.41) is 0. The van der Waals surface area contributed by atoms with Gasteiger partial charge in [0.25, 0.3) is 5.91 Å². The van der Waals surface area contributed by atoms with Crippen molar-refractivity contribution in [2.75, 3.05) is 26.8 Å². The second-order valence-corrected chi connectivity index (χ2v) is 9.32. The van der Waals surface area contributed by atoms with Gasteiger partial charge in [0.15, 0.2) is 5.65 Å². The van der Waals surface area contributed by atoms with Crippen LogP contribution in [0.25, 0.3) is 22.3 Å². The first kappa shape index (κ1) is 20.1. The normalized spacial score (nSPS) is 16.6. The van der Waals surface area contributed by atoms with Crippen LogP contribution in [-0.2, 0) is 4.74 Å². The number of ether oxygens (including phenoxy) is 1. The van der Waals surface area contributed by atoms with Gasteiger partial charge in [-0.05, 0) is 40.0 Å². The molecule has 1 atom stereocenters. The smallest absolute Gasteiger partial charge is 0.253 e. The maximum atomic E-state index is 12.7. The highest BCUT2D eigenvalue weighted by Gasteiger charge is 2.21. The van der Waals surface area contributed by atoms with Crippen molar-refractivity contribution in [3.63, 3.8) is 0 Å². The largest absolute Gasteiger partial charge is 0.381 e. The molecule has 0 bridgehead atoms. The molecule has 2 aromatic heterocycles. The molecule has 28 heavy (non-hydrogen) atoms. The zero-order chi connectivity index (χ0) is 19.7. The van der Waals surface area contributed by atoms with Gasteiger partial charge < -0.3 is 9.64 Å². The summed E-state index contributed by atoms with van der Waals surface area (Å²) in [6.45, 7) is 2.26. The number of aromatic nitrogens is 3. The number of benzene rings is 1. The fourth-order valence-electron chi connectivity index (χ4n) is 3.42. The van der Waals surface area contributed by atoms with Gasteiger partial charge in [-0.1, -0.05) is 12.1 Å². The van der Waals surface area contributed by atoms with Crippen LogP contribution in [0.4, 0.5) is 0 Å². The second kappa shape index (κ2) is 8.68. The highest BCUT2D eigenvalue weighted by Crippen LogP contribution is 2.33. The molecular weight excluding hydrogens is 555 g/mol. The van der Waals surface area contributed by atoms with Crippen LogP contribution in [-0.4, -0.2) is 51.6 Å². The third-order valence-corrected chi connectivity index (χ3v) is 6.94. The Morgan fingerprint density at radius 2 is 2.21 bits per heavy atom. The minimum absolute atomic E-state index is 0.0335. The van der Waals surface area contributed by atoms with Crippen molar-refractivity contribution in [1.29, 1.82) is 0 Å².